The van der Waals surface area contributed by atoms with Gasteiger partial charge in [0.05, 0.1) is 17.4 Å². The maximum Gasteiger partial charge on any atom is 0.329 e. The first kappa shape index (κ1) is 14.6. The van der Waals surface area contributed by atoms with Gasteiger partial charge in [0, 0.05) is 12.6 Å². The second kappa shape index (κ2) is 6.46. The van der Waals surface area contributed by atoms with Crippen molar-refractivity contribution in [1.29, 1.82) is 5.26 Å². The van der Waals surface area contributed by atoms with Gasteiger partial charge in [-0.3, -0.25) is 15.5 Å². The van der Waals surface area contributed by atoms with Crippen LogP contribution in [0.2, 0.25) is 0 Å². The van der Waals surface area contributed by atoms with Gasteiger partial charge in [0.1, 0.15) is 6.20 Å². The van der Waals surface area contributed by atoms with Crippen LogP contribution in [0.5, 0.6) is 0 Å². The third kappa shape index (κ3) is 3.49. The highest BCUT2D eigenvalue weighted by Crippen LogP contribution is 2.27. The summed E-state index contributed by atoms with van der Waals surface area (Å²) in [7, 11) is 0. The number of anilines is 2. The lowest BCUT2D eigenvalue weighted by Crippen LogP contribution is -2.33. The molecule has 0 fully saturated rings. The van der Waals surface area contributed by atoms with E-state index in [1.807, 2.05) is 19.9 Å². The van der Waals surface area contributed by atoms with Crippen LogP contribution in [0.4, 0.5) is 17.5 Å². The molecule has 1 heterocycles. The van der Waals surface area contributed by atoms with E-state index in [0.29, 0.717) is 6.54 Å². The van der Waals surface area contributed by atoms with Crippen LogP contribution in [0, 0.1) is 21.4 Å². The molecule has 0 radical (unpaired) electrons. The predicted octanol–water partition coefficient (Wildman–Crippen LogP) is 0.799. The van der Waals surface area contributed by atoms with Crippen LogP contribution in [0.15, 0.2) is 6.20 Å². The zero-order valence-electron chi connectivity index (χ0n) is 10.7. The lowest BCUT2D eigenvalue weighted by Gasteiger charge is -2.26. The van der Waals surface area contributed by atoms with Gasteiger partial charge >= 0.3 is 5.69 Å². The number of nitrogens with one attached hydrogen (secondary N) is 1. The van der Waals surface area contributed by atoms with E-state index in [2.05, 4.69) is 15.4 Å². The predicted molar refractivity (Wildman–Crippen MR) is 69.2 cm³/mol. The molecular formula is C10H15N7O2. The van der Waals surface area contributed by atoms with Gasteiger partial charge in [0.15, 0.2) is 0 Å². The van der Waals surface area contributed by atoms with Gasteiger partial charge in [-0.1, -0.05) is 0 Å². The molecule has 0 spiro atoms. The highest BCUT2D eigenvalue weighted by molar-refractivity contribution is 5.59. The van der Waals surface area contributed by atoms with Crippen molar-refractivity contribution >= 4 is 17.5 Å². The van der Waals surface area contributed by atoms with Crippen LogP contribution in [0.1, 0.15) is 20.3 Å². The van der Waals surface area contributed by atoms with Crippen molar-refractivity contribution in [1.82, 2.24) is 9.97 Å². The number of nitro groups is 1. The van der Waals surface area contributed by atoms with Crippen LogP contribution >= 0.6 is 0 Å². The lowest BCUT2D eigenvalue weighted by atomic mass is 10.2. The summed E-state index contributed by atoms with van der Waals surface area (Å²) in [5.41, 5.74) is 2.03. The molecule has 0 atom stereocenters. The van der Waals surface area contributed by atoms with Gasteiger partial charge in [-0.25, -0.2) is 10.8 Å². The third-order valence-corrected chi connectivity index (χ3v) is 2.44. The molecule has 9 heteroatoms. The molecule has 0 saturated heterocycles. The highest BCUT2D eigenvalue weighted by Gasteiger charge is 2.24. The maximum atomic E-state index is 11.0. The number of hydrazine groups is 1. The summed E-state index contributed by atoms with van der Waals surface area (Å²) in [5, 5.41) is 19.7. The molecule has 1 aromatic heterocycles. The van der Waals surface area contributed by atoms with Crippen molar-refractivity contribution in [3.63, 3.8) is 0 Å². The maximum absolute atomic E-state index is 11.0. The van der Waals surface area contributed by atoms with E-state index in [1.165, 1.54) is 0 Å². The van der Waals surface area contributed by atoms with E-state index < -0.39 is 4.92 Å². The Bertz CT molecular complexity index is 497. The van der Waals surface area contributed by atoms with E-state index in [0.717, 1.165) is 6.20 Å². The molecule has 0 unspecified atom stereocenters. The quantitative estimate of drug-likeness (QED) is 0.438. The largest absolute Gasteiger partial charge is 0.347 e. The van der Waals surface area contributed by atoms with Crippen molar-refractivity contribution in [2.75, 3.05) is 16.9 Å². The molecule has 0 aliphatic rings. The van der Waals surface area contributed by atoms with Crippen molar-refractivity contribution < 1.29 is 4.92 Å². The summed E-state index contributed by atoms with van der Waals surface area (Å²) < 4.78 is 0. The molecule has 19 heavy (non-hydrogen) atoms. The SMILES string of the molecule is CC(C)N(CCC#N)c1nc(NN)ncc1[N+](=O)[O-]. The van der Waals surface area contributed by atoms with E-state index in [4.69, 9.17) is 11.1 Å². The number of rotatable bonds is 6. The highest BCUT2D eigenvalue weighted by atomic mass is 16.6. The summed E-state index contributed by atoms with van der Waals surface area (Å²) >= 11 is 0. The van der Waals surface area contributed by atoms with Crippen LogP contribution in [0.3, 0.4) is 0 Å². The molecule has 9 nitrogen and oxygen atoms in total. The fourth-order valence-electron chi connectivity index (χ4n) is 1.56. The van der Waals surface area contributed by atoms with Gasteiger partial charge in [-0.15, -0.1) is 0 Å². The average Bonchev–Trinajstić information content (AvgIpc) is 2.38. The van der Waals surface area contributed by atoms with E-state index in [1.54, 1.807) is 4.90 Å². The zero-order valence-corrected chi connectivity index (χ0v) is 10.7. The first-order chi connectivity index (χ1) is 9.01. The van der Waals surface area contributed by atoms with Gasteiger partial charge < -0.3 is 4.90 Å². The van der Waals surface area contributed by atoms with Crippen LogP contribution < -0.4 is 16.2 Å². The molecule has 3 N–H and O–H groups in total. The van der Waals surface area contributed by atoms with E-state index in [-0.39, 0.29) is 29.9 Å². The van der Waals surface area contributed by atoms with Crippen LogP contribution in [0.25, 0.3) is 0 Å². The summed E-state index contributed by atoms with van der Waals surface area (Å²) in [4.78, 5) is 19.9. The first-order valence-corrected chi connectivity index (χ1v) is 5.63. The van der Waals surface area contributed by atoms with E-state index >= 15 is 0 Å². The molecule has 0 bridgehead atoms. The number of nitriles is 1. The Morgan fingerprint density at radius 3 is 2.84 bits per heavy atom. The number of nitrogens with two attached hydrogens (primary N) is 1. The summed E-state index contributed by atoms with van der Waals surface area (Å²) in [6, 6.07) is 1.96. The van der Waals surface area contributed by atoms with Crippen molar-refractivity contribution in [3.8, 4) is 6.07 Å². The lowest BCUT2D eigenvalue weighted by molar-refractivity contribution is -0.384. The van der Waals surface area contributed by atoms with Gasteiger partial charge in [-0.2, -0.15) is 10.2 Å². The third-order valence-electron chi connectivity index (χ3n) is 2.44. The van der Waals surface area contributed by atoms with Crippen molar-refractivity contribution in [2.45, 2.75) is 26.3 Å². The number of hydrogen-bond donors (Lipinski definition) is 2. The Hall–Kier alpha value is -2.47. The Labute approximate surface area is 110 Å². The average molecular weight is 265 g/mol. The Kier molecular flexibility index (Phi) is 4.96. The standard InChI is InChI=1S/C10H15N7O2/c1-7(2)16(5-3-4-11)9-8(17(18)19)6-13-10(14-9)15-12/h6-7H,3,5,12H2,1-2H3,(H,13,14,15). The zero-order chi connectivity index (χ0) is 14.4. The Morgan fingerprint density at radius 1 is 1.68 bits per heavy atom. The minimum absolute atomic E-state index is 0.0485. The fraction of sp³-hybridized carbons (Fsp3) is 0.500. The van der Waals surface area contributed by atoms with E-state index in [9.17, 15) is 10.1 Å². The molecule has 102 valence electrons. The van der Waals surface area contributed by atoms with Gasteiger partial charge in [-0.05, 0) is 13.8 Å². The monoisotopic (exact) mass is 265 g/mol. The number of hydrogen-bond acceptors (Lipinski definition) is 8. The second-order valence-electron chi connectivity index (χ2n) is 4.00. The minimum atomic E-state index is -0.558. The fourth-order valence-corrected chi connectivity index (χ4v) is 1.56. The molecule has 0 aliphatic carbocycles. The van der Waals surface area contributed by atoms with Crippen molar-refractivity contribution in [2.24, 2.45) is 5.84 Å². The number of nitrogen functional groups attached to an aromatic ring is 1. The van der Waals surface area contributed by atoms with Crippen LogP contribution in [-0.4, -0.2) is 27.5 Å². The normalized spacial score (nSPS) is 10.1. The molecule has 0 amide bonds. The van der Waals surface area contributed by atoms with Crippen LogP contribution in [-0.2, 0) is 0 Å². The first-order valence-electron chi connectivity index (χ1n) is 5.63. The Morgan fingerprint density at radius 2 is 2.37 bits per heavy atom. The number of aromatic nitrogens is 2. The van der Waals surface area contributed by atoms with Gasteiger partial charge in [0.25, 0.3) is 0 Å². The second-order valence-corrected chi connectivity index (χ2v) is 4.00. The van der Waals surface area contributed by atoms with Crippen molar-refractivity contribution in [3.05, 3.63) is 16.3 Å². The molecule has 0 saturated carbocycles. The molecule has 0 aliphatic heterocycles. The summed E-state index contributed by atoms with van der Waals surface area (Å²) in [5.74, 6) is 5.44. The number of nitrogens with zero attached hydrogens (tertiary/aromatic N) is 5. The summed E-state index contributed by atoms with van der Waals surface area (Å²) in [6.45, 7) is 4.06. The minimum Gasteiger partial charge on any atom is -0.347 e. The molecule has 1 aromatic rings. The molecular weight excluding hydrogens is 250 g/mol. The molecule has 1 rings (SSSR count). The summed E-state index contributed by atoms with van der Waals surface area (Å²) in [6.07, 6.45) is 1.34. The Balaban J connectivity index is 3.25. The van der Waals surface area contributed by atoms with Gasteiger partial charge in [0.2, 0.25) is 11.8 Å². The smallest absolute Gasteiger partial charge is 0.329 e. The topological polar surface area (TPSA) is 134 Å². The molecule has 0 aromatic carbocycles.